The lowest BCUT2D eigenvalue weighted by Crippen LogP contribution is -2.54. The molecule has 29 heavy (non-hydrogen) atoms. The van der Waals surface area contributed by atoms with E-state index in [0.717, 1.165) is 24.2 Å². The molecule has 1 aliphatic carbocycles. The monoisotopic (exact) mass is 403 g/mol. The summed E-state index contributed by atoms with van der Waals surface area (Å²) in [5.41, 5.74) is -0.407. The van der Waals surface area contributed by atoms with Gasteiger partial charge in [-0.2, -0.15) is 0 Å². The van der Waals surface area contributed by atoms with Crippen LogP contribution in [0.1, 0.15) is 32.6 Å². The maximum absolute atomic E-state index is 12.8. The Labute approximate surface area is 168 Å². The first-order chi connectivity index (χ1) is 13.9. The summed E-state index contributed by atoms with van der Waals surface area (Å²) >= 11 is 0. The van der Waals surface area contributed by atoms with Crippen LogP contribution >= 0.6 is 0 Å². The van der Waals surface area contributed by atoms with E-state index in [1.807, 2.05) is 6.92 Å². The standard InChI is InChI=1S/C20H25N3O6/c1-13-5-3-4-10-20(13)18(26)23(19(27)22-20)11-17(25)29-12-16(24)21-14-6-8-15(28-2)9-7-14/h6-9,13H,3-5,10-12H2,1-2H3,(H,21,24)(H,22,27)/t13-,20-/m1/s1. The quantitative estimate of drug-likeness (QED) is 0.552. The zero-order chi connectivity index (χ0) is 21.0. The first kappa shape index (κ1) is 20.6. The summed E-state index contributed by atoms with van der Waals surface area (Å²) in [6.45, 7) is 0.897. The average molecular weight is 403 g/mol. The fourth-order valence-corrected chi connectivity index (χ4v) is 3.83. The van der Waals surface area contributed by atoms with E-state index in [0.29, 0.717) is 17.9 Å². The van der Waals surface area contributed by atoms with E-state index in [1.54, 1.807) is 24.3 Å². The van der Waals surface area contributed by atoms with Crippen molar-refractivity contribution >= 4 is 29.5 Å². The van der Waals surface area contributed by atoms with Gasteiger partial charge in [0.15, 0.2) is 6.61 Å². The third kappa shape index (κ3) is 4.33. The van der Waals surface area contributed by atoms with Crippen LogP contribution in [0.25, 0.3) is 0 Å². The number of methoxy groups -OCH3 is 1. The van der Waals surface area contributed by atoms with Crippen molar-refractivity contribution in [3.63, 3.8) is 0 Å². The molecule has 2 N–H and O–H groups in total. The smallest absolute Gasteiger partial charge is 0.326 e. The molecule has 2 aliphatic rings. The fourth-order valence-electron chi connectivity index (χ4n) is 3.83. The number of hydrogen-bond donors (Lipinski definition) is 2. The molecule has 1 saturated carbocycles. The third-order valence-corrected chi connectivity index (χ3v) is 5.53. The van der Waals surface area contributed by atoms with Crippen LogP contribution in [0.15, 0.2) is 24.3 Å². The second kappa shape index (κ2) is 8.50. The van der Waals surface area contributed by atoms with Crippen molar-refractivity contribution in [2.45, 2.75) is 38.1 Å². The number of amides is 4. The van der Waals surface area contributed by atoms with E-state index in [9.17, 15) is 19.2 Å². The summed E-state index contributed by atoms with van der Waals surface area (Å²) in [4.78, 5) is 50.0. The Morgan fingerprint density at radius 3 is 2.62 bits per heavy atom. The number of carbonyl (C=O) groups is 4. The molecule has 2 atom stereocenters. The number of ether oxygens (including phenoxy) is 2. The van der Waals surface area contributed by atoms with Crippen molar-refractivity contribution < 1.29 is 28.7 Å². The molecule has 3 rings (SSSR count). The molecule has 1 aromatic carbocycles. The Hall–Kier alpha value is -3.10. The van der Waals surface area contributed by atoms with Crippen LogP contribution in [0.4, 0.5) is 10.5 Å². The van der Waals surface area contributed by atoms with Crippen LogP contribution in [0.3, 0.4) is 0 Å². The van der Waals surface area contributed by atoms with E-state index in [4.69, 9.17) is 9.47 Å². The van der Waals surface area contributed by atoms with Gasteiger partial charge in [-0.05, 0) is 43.0 Å². The second-order valence-electron chi connectivity index (χ2n) is 7.38. The summed E-state index contributed by atoms with van der Waals surface area (Å²) in [6.07, 6.45) is 3.27. The lowest BCUT2D eigenvalue weighted by molar-refractivity contribution is -0.150. The fraction of sp³-hybridized carbons (Fsp3) is 0.500. The van der Waals surface area contributed by atoms with Crippen LogP contribution in [-0.2, 0) is 19.1 Å². The molecule has 0 radical (unpaired) electrons. The molecule has 0 unspecified atom stereocenters. The molecular weight excluding hydrogens is 378 g/mol. The number of benzene rings is 1. The minimum absolute atomic E-state index is 0.00370. The number of hydrogen-bond acceptors (Lipinski definition) is 6. The van der Waals surface area contributed by atoms with E-state index in [-0.39, 0.29) is 5.92 Å². The number of rotatable bonds is 6. The molecule has 156 valence electrons. The van der Waals surface area contributed by atoms with Crippen molar-refractivity contribution in [2.75, 3.05) is 25.6 Å². The topological polar surface area (TPSA) is 114 Å². The number of nitrogens with zero attached hydrogens (tertiary/aromatic N) is 1. The van der Waals surface area contributed by atoms with E-state index < -0.39 is 42.5 Å². The second-order valence-corrected chi connectivity index (χ2v) is 7.38. The SMILES string of the molecule is COc1ccc(NC(=O)COC(=O)CN2C(=O)N[C@@]3(CCCC[C@H]3C)C2=O)cc1. The summed E-state index contributed by atoms with van der Waals surface area (Å²) in [5, 5.41) is 5.35. The van der Waals surface area contributed by atoms with Gasteiger partial charge in [-0.3, -0.25) is 19.3 Å². The van der Waals surface area contributed by atoms with Crippen molar-refractivity contribution in [1.82, 2.24) is 10.2 Å². The zero-order valence-electron chi connectivity index (χ0n) is 16.5. The van der Waals surface area contributed by atoms with E-state index in [2.05, 4.69) is 10.6 Å². The van der Waals surface area contributed by atoms with Crippen molar-refractivity contribution in [1.29, 1.82) is 0 Å². The Balaban J connectivity index is 1.50. The number of anilines is 1. The first-order valence-corrected chi connectivity index (χ1v) is 9.59. The summed E-state index contributed by atoms with van der Waals surface area (Å²) in [7, 11) is 1.54. The van der Waals surface area contributed by atoms with Crippen molar-refractivity contribution in [3.8, 4) is 5.75 Å². The molecule has 1 aliphatic heterocycles. The molecular formula is C20H25N3O6. The van der Waals surface area contributed by atoms with Gasteiger partial charge in [0, 0.05) is 5.69 Å². The lowest BCUT2D eigenvalue weighted by Gasteiger charge is -2.36. The summed E-state index contributed by atoms with van der Waals surface area (Å²) in [6, 6.07) is 6.07. The predicted octanol–water partition coefficient (Wildman–Crippen LogP) is 1.68. The molecule has 0 aromatic heterocycles. The summed E-state index contributed by atoms with van der Waals surface area (Å²) < 4.78 is 9.97. The highest BCUT2D eigenvalue weighted by atomic mass is 16.5. The minimum atomic E-state index is -0.929. The molecule has 1 aromatic rings. The molecule has 0 bridgehead atoms. The van der Waals surface area contributed by atoms with Crippen LogP contribution in [0.2, 0.25) is 0 Å². The van der Waals surface area contributed by atoms with Crippen LogP contribution in [0.5, 0.6) is 5.75 Å². The van der Waals surface area contributed by atoms with Gasteiger partial charge in [-0.1, -0.05) is 19.8 Å². The van der Waals surface area contributed by atoms with E-state index in [1.165, 1.54) is 7.11 Å². The number of imide groups is 1. The van der Waals surface area contributed by atoms with Gasteiger partial charge < -0.3 is 20.1 Å². The first-order valence-electron chi connectivity index (χ1n) is 9.59. The molecule has 9 heteroatoms. The highest BCUT2D eigenvalue weighted by Crippen LogP contribution is 2.38. The van der Waals surface area contributed by atoms with Crippen molar-refractivity contribution in [3.05, 3.63) is 24.3 Å². The normalized spacial score (nSPS) is 23.7. The van der Waals surface area contributed by atoms with Crippen LogP contribution < -0.4 is 15.4 Å². The Bertz CT molecular complexity index is 809. The molecule has 4 amide bonds. The van der Waals surface area contributed by atoms with Crippen LogP contribution in [-0.4, -0.2) is 54.5 Å². The van der Waals surface area contributed by atoms with Crippen LogP contribution in [0, 0.1) is 5.92 Å². The molecule has 1 saturated heterocycles. The third-order valence-electron chi connectivity index (χ3n) is 5.53. The number of urea groups is 1. The maximum atomic E-state index is 12.8. The molecule has 1 spiro atoms. The Morgan fingerprint density at radius 1 is 1.24 bits per heavy atom. The van der Waals surface area contributed by atoms with Gasteiger partial charge in [-0.25, -0.2) is 4.79 Å². The molecule has 1 heterocycles. The van der Waals surface area contributed by atoms with Gasteiger partial charge in [0.1, 0.15) is 17.8 Å². The highest BCUT2D eigenvalue weighted by Gasteiger charge is 2.55. The molecule has 9 nitrogen and oxygen atoms in total. The highest BCUT2D eigenvalue weighted by molar-refractivity contribution is 6.09. The van der Waals surface area contributed by atoms with Crippen molar-refractivity contribution in [2.24, 2.45) is 5.92 Å². The van der Waals surface area contributed by atoms with Gasteiger partial charge in [0.05, 0.1) is 7.11 Å². The predicted molar refractivity (Wildman–Crippen MR) is 103 cm³/mol. The lowest BCUT2D eigenvalue weighted by atomic mass is 9.73. The average Bonchev–Trinajstić information content (AvgIpc) is 2.94. The van der Waals surface area contributed by atoms with Gasteiger partial charge in [0.2, 0.25) is 0 Å². The number of carbonyl (C=O) groups excluding carboxylic acids is 4. The molecule has 2 fully saturated rings. The maximum Gasteiger partial charge on any atom is 0.326 e. The van der Waals surface area contributed by atoms with E-state index >= 15 is 0 Å². The number of nitrogens with one attached hydrogen (secondary N) is 2. The van der Waals surface area contributed by atoms with Gasteiger partial charge in [0.25, 0.3) is 11.8 Å². The Kier molecular flexibility index (Phi) is 6.05. The zero-order valence-corrected chi connectivity index (χ0v) is 16.5. The van der Waals surface area contributed by atoms with Gasteiger partial charge >= 0.3 is 12.0 Å². The largest absolute Gasteiger partial charge is 0.497 e. The number of esters is 1. The van der Waals surface area contributed by atoms with Gasteiger partial charge in [-0.15, -0.1) is 0 Å². The Morgan fingerprint density at radius 2 is 1.97 bits per heavy atom. The summed E-state index contributed by atoms with van der Waals surface area (Å²) in [5.74, 6) is -1.09. The minimum Gasteiger partial charge on any atom is -0.497 e.